The van der Waals surface area contributed by atoms with Crippen LogP contribution in [0.5, 0.6) is 0 Å². The zero-order valence-corrected chi connectivity index (χ0v) is 24.2. The fourth-order valence-electron chi connectivity index (χ4n) is 3.60. The van der Waals surface area contributed by atoms with Gasteiger partial charge in [-0.1, -0.05) is 39.0 Å². The SMILES string of the molecule is COC(=O)C(CCO[Si](C)(C)C(C)(C)C)n1cc(CCN(C)C(=O)OC(C)(C)C)c2ccccc21. The highest BCUT2D eigenvalue weighted by Gasteiger charge is 2.37. The average Bonchev–Trinajstić information content (AvgIpc) is 3.11. The number of rotatable bonds is 9. The molecule has 1 atom stereocenters. The van der Waals surface area contributed by atoms with Crippen molar-refractivity contribution in [3.05, 3.63) is 36.0 Å². The number of aromatic nitrogens is 1. The molecular formula is C27H44N2O5Si. The maximum absolute atomic E-state index is 12.8. The summed E-state index contributed by atoms with van der Waals surface area (Å²) >= 11 is 0. The molecule has 0 saturated carbocycles. The van der Waals surface area contributed by atoms with Crippen molar-refractivity contribution < 1.29 is 23.5 Å². The second kappa shape index (κ2) is 11.2. The molecule has 0 aliphatic carbocycles. The third-order valence-electron chi connectivity index (χ3n) is 6.71. The van der Waals surface area contributed by atoms with Crippen LogP contribution in [0.1, 0.15) is 59.6 Å². The number of esters is 1. The molecule has 2 rings (SSSR count). The van der Waals surface area contributed by atoms with Crippen molar-refractivity contribution in [2.24, 2.45) is 0 Å². The summed E-state index contributed by atoms with van der Waals surface area (Å²) in [5, 5.41) is 1.16. The summed E-state index contributed by atoms with van der Waals surface area (Å²) in [6.07, 6.45) is 2.82. The minimum absolute atomic E-state index is 0.0985. The Morgan fingerprint density at radius 1 is 1.09 bits per heavy atom. The number of para-hydroxylation sites is 1. The predicted molar refractivity (Wildman–Crippen MR) is 143 cm³/mol. The van der Waals surface area contributed by atoms with Crippen molar-refractivity contribution in [3.63, 3.8) is 0 Å². The molecule has 0 N–H and O–H groups in total. The molecule has 1 unspecified atom stereocenters. The van der Waals surface area contributed by atoms with E-state index in [0.717, 1.165) is 16.5 Å². The van der Waals surface area contributed by atoms with Gasteiger partial charge in [-0.25, -0.2) is 9.59 Å². The van der Waals surface area contributed by atoms with Gasteiger partial charge in [-0.15, -0.1) is 0 Å². The third kappa shape index (κ3) is 7.58. The molecule has 1 amide bonds. The van der Waals surface area contributed by atoms with E-state index in [9.17, 15) is 9.59 Å². The van der Waals surface area contributed by atoms with Crippen LogP contribution < -0.4 is 0 Å². The van der Waals surface area contributed by atoms with Crippen LogP contribution in [0.2, 0.25) is 18.1 Å². The lowest BCUT2D eigenvalue weighted by Gasteiger charge is -2.36. The van der Waals surface area contributed by atoms with Crippen LogP contribution in [0.25, 0.3) is 10.9 Å². The predicted octanol–water partition coefficient (Wildman–Crippen LogP) is 6.18. The highest BCUT2D eigenvalue weighted by molar-refractivity contribution is 6.74. The van der Waals surface area contributed by atoms with E-state index in [2.05, 4.69) is 39.9 Å². The maximum Gasteiger partial charge on any atom is 0.410 e. The Kier molecular flexibility index (Phi) is 9.22. The highest BCUT2D eigenvalue weighted by Crippen LogP contribution is 2.37. The molecule has 1 aromatic carbocycles. The minimum atomic E-state index is -1.93. The van der Waals surface area contributed by atoms with Crippen LogP contribution in [-0.4, -0.2) is 62.8 Å². The van der Waals surface area contributed by atoms with Crippen molar-refractivity contribution in [1.29, 1.82) is 0 Å². The molecule has 0 aliphatic heterocycles. The molecule has 196 valence electrons. The molecule has 0 saturated heterocycles. The summed E-state index contributed by atoms with van der Waals surface area (Å²) in [7, 11) is 1.23. The number of benzene rings is 1. The van der Waals surface area contributed by atoms with E-state index in [0.29, 0.717) is 26.0 Å². The minimum Gasteiger partial charge on any atom is -0.467 e. The molecule has 2 aromatic rings. The summed E-state index contributed by atoms with van der Waals surface area (Å²) < 4.78 is 19.0. The Labute approximate surface area is 211 Å². The first kappa shape index (κ1) is 28.9. The Morgan fingerprint density at radius 3 is 2.29 bits per heavy atom. The fraction of sp³-hybridized carbons (Fsp3) is 0.630. The molecule has 8 heteroatoms. The first-order valence-electron chi connectivity index (χ1n) is 12.3. The van der Waals surface area contributed by atoms with Gasteiger partial charge in [0.05, 0.1) is 7.11 Å². The molecule has 1 heterocycles. The number of methoxy groups -OCH3 is 1. The molecule has 0 fully saturated rings. The van der Waals surface area contributed by atoms with E-state index < -0.39 is 20.0 Å². The fourth-order valence-corrected chi connectivity index (χ4v) is 4.66. The highest BCUT2D eigenvalue weighted by atomic mass is 28.4. The molecule has 0 aliphatic rings. The number of carbonyl (C=O) groups is 2. The molecule has 7 nitrogen and oxygen atoms in total. The van der Waals surface area contributed by atoms with Crippen molar-refractivity contribution in [1.82, 2.24) is 9.47 Å². The number of carbonyl (C=O) groups excluding carboxylic acids is 2. The van der Waals surface area contributed by atoms with Crippen LogP contribution in [0.3, 0.4) is 0 Å². The summed E-state index contributed by atoms with van der Waals surface area (Å²) in [5.41, 5.74) is 1.49. The Balaban J connectivity index is 2.26. The molecule has 0 bridgehead atoms. The van der Waals surface area contributed by atoms with Crippen LogP contribution >= 0.6 is 0 Å². The van der Waals surface area contributed by atoms with Gasteiger partial charge >= 0.3 is 12.1 Å². The summed E-state index contributed by atoms with van der Waals surface area (Å²) in [4.78, 5) is 26.8. The van der Waals surface area contributed by atoms with E-state index in [1.807, 2.05) is 49.7 Å². The first-order valence-corrected chi connectivity index (χ1v) is 15.2. The van der Waals surface area contributed by atoms with Crippen LogP contribution in [0, 0.1) is 0 Å². The van der Waals surface area contributed by atoms with Gasteiger partial charge in [-0.2, -0.15) is 0 Å². The largest absolute Gasteiger partial charge is 0.467 e. The third-order valence-corrected chi connectivity index (χ3v) is 11.3. The van der Waals surface area contributed by atoms with Gasteiger partial charge < -0.3 is 23.4 Å². The standard InChI is InChI=1S/C27H44N2O5Si/c1-26(2,3)34-25(31)28(7)17-15-20-19-29(22-14-12-11-13-21(20)22)23(24(30)32-8)16-18-33-35(9,10)27(4,5)6/h11-14,19,23H,15-18H2,1-10H3. The molecule has 0 spiro atoms. The lowest BCUT2D eigenvalue weighted by molar-refractivity contribution is -0.144. The van der Waals surface area contributed by atoms with E-state index in [-0.39, 0.29) is 17.1 Å². The molecule has 0 radical (unpaired) electrons. The second-order valence-electron chi connectivity index (χ2n) is 11.7. The first-order chi connectivity index (χ1) is 16.1. The van der Waals surface area contributed by atoms with Gasteiger partial charge in [-0.05, 0) is 57.0 Å². The summed E-state index contributed by atoms with van der Waals surface area (Å²) in [5.74, 6) is -0.290. The van der Waals surface area contributed by atoms with E-state index in [1.54, 1.807) is 11.9 Å². The molecule has 1 aromatic heterocycles. The Hall–Kier alpha value is -2.32. The molecular weight excluding hydrogens is 460 g/mol. The van der Waals surface area contributed by atoms with Gasteiger partial charge in [0.15, 0.2) is 8.32 Å². The Bertz CT molecular complexity index is 1020. The second-order valence-corrected chi connectivity index (χ2v) is 16.5. The van der Waals surface area contributed by atoms with E-state index >= 15 is 0 Å². The van der Waals surface area contributed by atoms with Crippen LogP contribution in [0.15, 0.2) is 30.5 Å². The quantitative estimate of drug-likeness (QED) is 0.301. The number of fused-ring (bicyclic) bond motifs is 1. The zero-order chi connectivity index (χ0) is 26.6. The van der Waals surface area contributed by atoms with Crippen LogP contribution in [0.4, 0.5) is 4.79 Å². The number of hydrogen-bond donors (Lipinski definition) is 0. The number of hydrogen-bond acceptors (Lipinski definition) is 5. The lowest BCUT2D eigenvalue weighted by Crippen LogP contribution is -2.41. The van der Waals surface area contributed by atoms with Gasteiger partial charge in [0.25, 0.3) is 0 Å². The zero-order valence-electron chi connectivity index (χ0n) is 23.2. The van der Waals surface area contributed by atoms with Crippen molar-refractivity contribution in [2.45, 2.75) is 84.2 Å². The Morgan fingerprint density at radius 2 is 1.71 bits per heavy atom. The monoisotopic (exact) mass is 504 g/mol. The number of likely N-dealkylation sites (N-methyl/N-ethyl adjacent to an activating group) is 1. The topological polar surface area (TPSA) is 70.0 Å². The average molecular weight is 505 g/mol. The van der Waals surface area contributed by atoms with E-state index in [1.165, 1.54) is 7.11 Å². The van der Waals surface area contributed by atoms with Gasteiger partial charge in [0.2, 0.25) is 0 Å². The van der Waals surface area contributed by atoms with E-state index in [4.69, 9.17) is 13.9 Å². The van der Waals surface area contributed by atoms with Crippen molar-refractivity contribution >= 4 is 31.3 Å². The number of ether oxygens (including phenoxy) is 2. The van der Waals surface area contributed by atoms with Gasteiger partial charge in [0, 0.05) is 43.7 Å². The van der Waals surface area contributed by atoms with Crippen molar-refractivity contribution in [2.75, 3.05) is 27.3 Å². The van der Waals surface area contributed by atoms with Gasteiger partial charge in [-0.3, -0.25) is 0 Å². The normalized spacial score (nSPS) is 13.5. The number of amides is 1. The van der Waals surface area contributed by atoms with Crippen molar-refractivity contribution in [3.8, 4) is 0 Å². The summed E-state index contributed by atoms with van der Waals surface area (Å²) in [6, 6.07) is 7.53. The maximum atomic E-state index is 12.8. The molecule has 35 heavy (non-hydrogen) atoms. The summed E-state index contributed by atoms with van der Waals surface area (Å²) in [6.45, 7) is 17.6. The lowest BCUT2D eigenvalue weighted by atomic mass is 10.1. The van der Waals surface area contributed by atoms with Gasteiger partial charge in [0.1, 0.15) is 11.6 Å². The smallest absolute Gasteiger partial charge is 0.410 e. The van der Waals surface area contributed by atoms with Crippen LogP contribution in [-0.2, 0) is 25.1 Å². The number of nitrogens with zero attached hydrogens (tertiary/aromatic N) is 2.